The van der Waals surface area contributed by atoms with E-state index in [0.717, 1.165) is 77.4 Å². The predicted octanol–water partition coefficient (Wildman–Crippen LogP) is 10.9. The van der Waals surface area contributed by atoms with Gasteiger partial charge in [-0.15, -0.1) is 0 Å². The van der Waals surface area contributed by atoms with E-state index in [1.54, 1.807) is 6.08 Å². The van der Waals surface area contributed by atoms with Crippen molar-refractivity contribution in [2.24, 2.45) is 0 Å². The molecule has 0 aliphatic heterocycles. The smallest absolute Gasteiger partial charge is 0.185 e. The Kier molecular flexibility index (Phi) is 13.4. The van der Waals surface area contributed by atoms with Crippen LogP contribution in [0.5, 0.6) is 23.0 Å². The van der Waals surface area contributed by atoms with Crippen LogP contribution < -0.4 is 18.9 Å². The first-order valence-electron chi connectivity index (χ1n) is 17.0. The number of carbonyl (C=O) groups is 1. The molecule has 5 aromatic rings. The molecule has 0 radical (unpaired) electrons. The number of hydrogen-bond donors (Lipinski definition) is 0. The number of carbonyl (C=O) groups excluding carboxylic acids is 1. The molecule has 256 valence electrons. The molecule has 0 amide bonds. The molecule has 0 N–H and O–H groups in total. The van der Waals surface area contributed by atoms with Crippen molar-refractivity contribution in [3.05, 3.63) is 156 Å². The monoisotopic (exact) mass is 670 g/mol. The van der Waals surface area contributed by atoms with E-state index in [0.29, 0.717) is 31.1 Å². The molecule has 0 saturated carbocycles. The highest BCUT2D eigenvalue weighted by Gasteiger charge is 2.04. The molecule has 0 bridgehead atoms. The summed E-state index contributed by atoms with van der Waals surface area (Å²) in [5.74, 6) is 2.70. The highest BCUT2D eigenvalue weighted by atomic mass is 19.1. The standard InChI is InChI=1S/C44H43FO5/c1-33(2)35-12-22-41(23-13-35)47-29-5-3-4-6-30-48-42-24-14-36(15-25-42)37-16-26-43(27-17-37)50-32-31-49-40-20-7-34(8-21-40)9-28-44(46)38-10-18-39(45)19-11-38/h7-28H,1,3-6,29-32H2,2H3. The van der Waals surface area contributed by atoms with Crippen molar-refractivity contribution < 1.29 is 28.1 Å². The first-order valence-corrected chi connectivity index (χ1v) is 17.0. The summed E-state index contributed by atoms with van der Waals surface area (Å²) in [5, 5.41) is 0. The molecular formula is C44H43FO5. The van der Waals surface area contributed by atoms with Crippen LogP contribution in [0.15, 0.2) is 134 Å². The minimum Gasteiger partial charge on any atom is -0.494 e. The largest absolute Gasteiger partial charge is 0.494 e. The summed E-state index contributed by atoms with van der Waals surface area (Å²) < 4.78 is 36.5. The first-order chi connectivity index (χ1) is 24.4. The van der Waals surface area contributed by atoms with Gasteiger partial charge in [0.05, 0.1) is 13.2 Å². The summed E-state index contributed by atoms with van der Waals surface area (Å²) in [7, 11) is 0. The number of hydrogen-bond acceptors (Lipinski definition) is 5. The molecule has 0 spiro atoms. The third-order valence-corrected chi connectivity index (χ3v) is 8.02. The topological polar surface area (TPSA) is 54.0 Å². The van der Waals surface area contributed by atoms with E-state index < -0.39 is 0 Å². The quantitative estimate of drug-likeness (QED) is 0.0497. The summed E-state index contributed by atoms with van der Waals surface area (Å²) in [6.45, 7) is 8.18. The van der Waals surface area contributed by atoms with Crippen LogP contribution in [0.2, 0.25) is 0 Å². The Balaban J connectivity index is 0.934. The molecule has 0 aliphatic rings. The summed E-state index contributed by atoms with van der Waals surface area (Å²) in [6, 6.07) is 37.2. The normalized spacial score (nSPS) is 10.9. The Morgan fingerprint density at radius 2 is 0.940 bits per heavy atom. The zero-order valence-electron chi connectivity index (χ0n) is 28.5. The van der Waals surface area contributed by atoms with Crippen molar-refractivity contribution in [1.29, 1.82) is 0 Å². The van der Waals surface area contributed by atoms with E-state index in [1.165, 1.54) is 30.3 Å². The maximum absolute atomic E-state index is 13.1. The molecule has 5 rings (SSSR count). The average molecular weight is 671 g/mol. The molecule has 5 aromatic carbocycles. The Labute approximate surface area is 294 Å². The van der Waals surface area contributed by atoms with Gasteiger partial charge in [-0.25, -0.2) is 4.39 Å². The van der Waals surface area contributed by atoms with Gasteiger partial charge in [0.1, 0.15) is 42.0 Å². The van der Waals surface area contributed by atoms with E-state index in [2.05, 4.69) is 18.7 Å². The highest BCUT2D eigenvalue weighted by molar-refractivity contribution is 6.06. The van der Waals surface area contributed by atoms with E-state index >= 15 is 0 Å². The predicted molar refractivity (Wildman–Crippen MR) is 200 cm³/mol. The number of rotatable bonds is 19. The Morgan fingerprint density at radius 1 is 0.540 bits per heavy atom. The van der Waals surface area contributed by atoms with Gasteiger partial charge in [0.2, 0.25) is 0 Å². The lowest BCUT2D eigenvalue weighted by atomic mass is 10.1. The second kappa shape index (κ2) is 18.8. The number of benzene rings is 5. The maximum atomic E-state index is 13.1. The molecule has 6 heteroatoms. The number of ether oxygens (including phenoxy) is 4. The molecule has 0 unspecified atom stereocenters. The summed E-state index contributed by atoms with van der Waals surface area (Å²) in [5.41, 5.74) is 5.70. The molecule has 5 nitrogen and oxygen atoms in total. The lowest BCUT2D eigenvalue weighted by Gasteiger charge is -2.10. The van der Waals surface area contributed by atoms with Crippen molar-refractivity contribution >= 4 is 17.4 Å². The van der Waals surface area contributed by atoms with Crippen LogP contribution in [0.25, 0.3) is 22.8 Å². The summed E-state index contributed by atoms with van der Waals surface area (Å²) in [4.78, 5) is 12.2. The van der Waals surface area contributed by atoms with Crippen LogP contribution in [-0.4, -0.2) is 32.2 Å². The lowest BCUT2D eigenvalue weighted by Crippen LogP contribution is -2.08. The van der Waals surface area contributed by atoms with Crippen LogP contribution in [0, 0.1) is 5.82 Å². The minimum absolute atomic E-state index is 0.184. The van der Waals surface area contributed by atoms with Crippen molar-refractivity contribution in [3.63, 3.8) is 0 Å². The minimum atomic E-state index is -0.369. The Hall–Kier alpha value is -5.62. The molecule has 0 aromatic heterocycles. The van der Waals surface area contributed by atoms with Gasteiger partial charge >= 0.3 is 0 Å². The van der Waals surface area contributed by atoms with E-state index in [4.69, 9.17) is 18.9 Å². The van der Waals surface area contributed by atoms with E-state index in [1.807, 2.05) is 91.9 Å². The molecular weight excluding hydrogens is 627 g/mol. The third kappa shape index (κ3) is 11.5. The number of halogens is 1. The molecule has 0 saturated heterocycles. The van der Waals surface area contributed by atoms with Crippen molar-refractivity contribution in [2.45, 2.75) is 32.6 Å². The van der Waals surface area contributed by atoms with Gasteiger partial charge in [0.25, 0.3) is 0 Å². The lowest BCUT2D eigenvalue weighted by molar-refractivity contribution is 0.104. The van der Waals surface area contributed by atoms with Gasteiger partial charge in [0, 0.05) is 5.56 Å². The van der Waals surface area contributed by atoms with Gasteiger partial charge in [-0.2, -0.15) is 0 Å². The fourth-order valence-electron chi connectivity index (χ4n) is 5.14. The van der Waals surface area contributed by atoms with E-state index in [9.17, 15) is 9.18 Å². The molecule has 0 fully saturated rings. The summed E-state index contributed by atoms with van der Waals surface area (Å²) >= 11 is 0. The maximum Gasteiger partial charge on any atom is 0.185 e. The number of ketones is 1. The van der Waals surface area contributed by atoms with Crippen LogP contribution in [-0.2, 0) is 0 Å². The van der Waals surface area contributed by atoms with Gasteiger partial charge < -0.3 is 18.9 Å². The fraction of sp³-hybridized carbons (Fsp3) is 0.205. The number of allylic oxidation sites excluding steroid dienone is 2. The van der Waals surface area contributed by atoms with Crippen LogP contribution in [0.4, 0.5) is 4.39 Å². The first kappa shape index (κ1) is 35.7. The summed E-state index contributed by atoms with van der Waals surface area (Å²) in [6.07, 6.45) is 7.44. The molecule has 0 atom stereocenters. The highest BCUT2D eigenvalue weighted by Crippen LogP contribution is 2.25. The fourth-order valence-corrected chi connectivity index (χ4v) is 5.14. The zero-order chi connectivity index (χ0) is 35.0. The second-order valence-electron chi connectivity index (χ2n) is 11.9. The number of unbranched alkanes of at least 4 members (excludes halogenated alkanes) is 3. The van der Waals surface area contributed by atoms with Crippen molar-refractivity contribution in [3.8, 4) is 34.1 Å². The van der Waals surface area contributed by atoms with Gasteiger partial charge in [-0.05, 0) is 134 Å². The Morgan fingerprint density at radius 3 is 1.40 bits per heavy atom. The molecule has 0 aliphatic carbocycles. The second-order valence-corrected chi connectivity index (χ2v) is 11.9. The van der Waals surface area contributed by atoms with Gasteiger partial charge in [0.15, 0.2) is 5.78 Å². The molecule has 0 heterocycles. The van der Waals surface area contributed by atoms with Crippen LogP contribution in [0.3, 0.4) is 0 Å². The van der Waals surface area contributed by atoms with Gasteiger partial charge in [-0.1, -0.05) is 66.8 Å². The zero-order valence-corrected chi connectivity index (χ0v) is 28.5. The Bertz CT molecular complexity index is 1810. The third-order valence-electron chi connectivity index (χ3n) is 8.02. The molecule has 50 heavy (non-hydrogen) atoms. The van der Waals surface area contributed by atoms with Crippen LogP contribution >= 0.6 is 0 Å². The average Bonchev–Trinajstić information content (AvgIpc) is 3.15. The SMILES string of the molecule is C=C(C)c1ccc(OCCCCCCOc2ccc(-c3ccc(OCCOc4ccc(C=CC(=O)c5ccc(F)cc5)cc4)cc3)cc2)cc1. The van der Waals surface area contributed by atoms with Crippen LogP contribution in [0.1, 0.15) is 54.1 Å². The van der Waals surface area contributed by atoms with E-state index in [-0.39, 0.29) is 11.6 Å². The van der Waals surface area contributed by atoms with Gasteiger partial charge in [-0.3, -0.25) is 4.79 Å². The van der Waals surface area contributed by atoms with Crippen molar-refractivity contribution in [1.82, 2.24) is 0 Å². The van der Waals surface area contributed by atoms with Crippen molar-refractivity contribution in [2.75, 3.05) is 26.4 Å².